The number of aryl methyl sites for hydroxylation is 1. The molecule has 0 spiro atoms. The van der Waals surface area contributed by atoms with Crippen molar-refractivity contribution in [2.45, 2.75) is 24.3 Å². The van der Waals surface area contributed by atoms with Crippen LogP contribution in [0.15, 0.2) is 58.2 Å². The van der Waals surface area contributed by atoms with Crippen molar-refractivity contribution in [3.05, 3.63) is 60.0 Å². The van der Waals surface area contributed by atoms with Crippen molar-refractivity contribution in [2.75, 3.05) is 11.2 Å². The topological polar surface area (TPSA) is 122 Å². The number of nitrogens with one attached hydrogen (secondary N) is 1. The summed E-state index contributed by atoms with van der Waals surface area (Å²) in [5.41, 5.74) is 0.796. The summed E-state index contributed by atoms with van der Waals surface area (Å²) >= 11 is 0. The van der Waals surface area contributed by atoms with E-state index in [1.807, 2.05) is 0 Å². The Morgan fingerprint density at radius 2 is 1.80 bits per heavy atom. The van der Waals surface area contributed by atoms with E-state index in [1.54, 1.807) is 32.0 Å². The van der Waals surface area contributed by atoms with Crippen molar-refractivity contribution in [1.82, 2.24) is 15.5 Å². The molecule has 0 saturated carbocycles. The van der Waals surface area contributed by atoms with Gasteiger partial charge in [0.1, 0.15) is 5.54 Å². The molecule has 0 bridgehead atoms. The predicted molar refractivity (Wildman–Crippen MR) is 107 cm³/mol. The minimum Gasteiger partial charge on any atom is -0.423 e. The Hall–Kier alpha value is -3.53. The Labute approximate surface area is 172 Å². The zero-order chi connectivity index (χ0) is 21.7. The Morgan fingerprint density at radius 1 is 1.10 bits per heavy atom. The molecule has 1 saturated heterocycles. The van der Waals surface area contributed by atoms with Crippen LogP contribution in [-0.2, 0) is 20.2 Å². The highest BCUT2D eigenvalue weighted by molar-refractivity contribution is 7.90. The third-order valence-electron chi connectivity index (χ3n) is 5.11. The van der Waals surface area contributed by atoms with Gasteiger partial charge in [-0.15, -0.1) is 10.2 Å². The van der Waals surface area contributed by atoms with Crippen LogP contribution < -0.4 is 10.2 Å². The Morgan fingerprint density at radius 3 is 2.40 bits per heavy atom. The van der Waals surface area contributed by atoms with E-state index in [0.717, 1.165) is 11.2 Å². The van der Waals surface area contributed by atoms with Gasteiger partial charge >= 0.3 is 6.03 Å². The number of carbonyl (C=O) groups is 2. The first-order chi connectivity index (χ1) is 14.1. The van der Waals surface area contributed by atoms with Gasteiger partial charge in [-0.05, 0) is 49.2 Å². The molecule has 10 heteroatoms. The fourth-order valence-electron chi connectivity index (χ4n) is 3.37. The largest absolute Gasteiger partial charge is 0.423 e. The Balaban J connectivity index is 1.74. The molecule has 0 radical (unpaired) electrons. The van der Waals surface area contributed by atoms with Crippen LogP contribution in [0.5, 0.6) is 0 Å². The maximum atomic E-state index is 13.3. The smallest absolute Gasteiger partial charge is 0.329 e. The van der Waals surface area contributed by atoms with Crippen LogP contribution in [0.25, 0.3) is 11.5 Å². The lowest BCUT2D eigenvalue weighted by molar-refractivity contribution is -0.121. The third kappa shape index (κ3) is 3.14. The van der Waals surface area contributed by atoms with E-state index in [9.17, 15) is 18.0 Å². The van der Waals surface area contributed by atoms with E-state index >= 15 is 0 Å². The van der Waals surface area contributed by atoms with Crippen molar-refractivity contribution in [3.8, 4) is 11.5 Å². The van der Waals surface area contributed by atoms with E-state index in [4.69, 9.17) is 4.42 Å². The Bertz CT molecular complexity index is 1250. The van der Waals surface area contributed by atoms with Gasteiger partial charge in [-0.2, -0.15) is 0 Å². The van der Waals surface area contributed by atoms with Gasteiger partial charge in [0.05, 0.1) is 10.6 Å². The van der Waals surface area contributed by atoms with Crippen LogP contribution in [0.2, 0.25) is 0 Å². The fourth-order valence-corrected chi connectivity index (χ4v) is 4.00. The molecule has 1 fully saturated rings. The molecule has 2 heterocycles. The summed E-state index contributed by atoms with van der Waals surface area (Å²) in [7, 11) is -3.38. The highest BCUT2D eigenvalue weighted by Gasteiger charge is 2.50. The van der Waals surface area contributed by atoms with E-state index in [1.165, 1.54) is 30.7 Å². The maximum Gasteiger partial charge on any atom is 0.329 e. The molecule has 1 aliphatic rings. The summed E-state index contributed by atoms with van der Waals surface area (Å²) in [6, 6.07) is 10.5. The minimum absolute atomic E-state index is 0.131. The number of sulfone groups is 1. The van der Waals surface area contributed by atoms with Gasteiger partial charge in [0.25, 0.3) is 5.91 Å². The molecule has 1 aromatic heterocycles. The average molecular weight is 426 g/mol. The number of carbonyl (C=O) groups excluding carboxylic acids is 2. The van der Waals surface area contributed by atoms with Gasteiger partial charge in [-0.1, -0.05) is 18.2 Å². The SMILES string of the molecule is Cc1ccc(-c2nnco2)cc1N1C(=O)N[C@@](C)(c2ccc(S(C)(=O)=O)cc2)C1=O. The predicted octanol–water partition coefficient (Wildman–Crippen LogP) is 2.42. The lowest BCUT2D eigenvalue weighted by Crippen LogP contribution is -2.41. The number of anilines is 1. The third-order valence-corrected chi connectivity index (χ3v) is 6.24. The van der Waals surface area contributed by atoms with Gasteiger partial charge in [0.15, 0.2) is 9.84 Å². The second-order valence-electron chi connectivity index (χ2n) is 7.24. The Kier molecular flexibility index (Phi) is 4.46. The molecule has 154 valence electrons. The zero-order valence-corrected chi connectivity index (χ0v) is 17.2. The number of nitrogens with zero attached hydrogens (tertiary/aromatic N) is 3. The number of hydrogen-bond donors (Lipinski definition) is 1. The van der Waals surface area contributed by atoms with Gasteiger partial charge in [0, 0.05) is 11.8 Å². The van der Waals surface area contributed by atoms with E-state index in [0.29, 0.717) is 22.4 Å². The van der Waals surface area contributed by atoms with Gasteiger partial charge in [-0.3, -0.25) is 4.79 Å². The lowest BCUT2D eigenvalue weighted by Gasteiger charge is -2.23. The molecular formula is C20H18N4O5S. The number of aromatic nitrogens is 2. The second kappa shape index (κ2) is 6.77. The number of amides is 3. The second-order valence-corrected chi connectivity index (χ2v) is 9.25. The molecule has 0 aliphatic carbocycles. The zero-order valence-electron chi connectivity index (χ0n) is 16.4. The quantitative estimate of drug-likeness (QED) is 0.636. The van der Waals surface area contributed by atoms with Crippen LogP contribution in [0.1, 0.15) is 18.1 Å². The van der Waals surface area contributed by atoms with Gasteiger partial charge in [0.2, 0.25) is 12.3 Å². The van der Waals surface area contributed by atoms with E-state index in [-0.39, 0.29) is 10.8 Å². The van der Waals surface area contributed by atoms with Crippen LogP contribution in [-0.4, -0.2) is 36.8 Å². The standard InChI is InChI=1S/C20H18N4O5S/c1-12-4-5-13(17-23-21-11-29-17)10-16(12)24-18(25)20(2,22-19(24)26)14-6-8-15(9-7-14)30(3,27)28/h4-11H,1-3H3,(H,22,26)/t20-/m0/s1. The van der Waals surface area contributed by atoms with Crippen molar-refractivity contribution >= 4 is 27.5 Å². The summed E-state index contributed by atoms with van der Waals surface area (Å²) in [4.78, 5) is 27.3. The first kappa shape index (κ1) is 19.8. The molecule has 1 N–H and O–H groups in total. The van der Waals surface area contributed by atoms with Gasteiger partial charge < -0.3 is 9.73 Å². The normalized spacial score (nSPS) is 19.2. The van der Waals surface area contributed by atoms with Crippen molar-refractivity contribution in [2.24, 2.45) is 0 Å². The van der Waals surface area contributed by atoms with Gasteiger partial charge in [-0.25, -0.2) is 18.1 Å². The fraction of sp³-hybridized carbons (Fsp3) is 0.200. The summed E-state index contributed by atoms with van der Waals surface area (Å²) < 4.78 is 28.6. The highest BCUT2D eigenvalue weighted by Crippen LogP contribution is 2.35. The number of imide groups is 1. The van der Waals surface area contributed by atoms with Crippen LogP contribution in [0, 0.1) is 6.92 Å². The first-order valence-corrected chi connectivity index (χ1v) is 10.8. The number of urea groups is 1. The van der Waals surface area contributed by atoms with E-state index < -0.39 is 27.3 Å². The number of hydrogen-bond acceptors (Lipinski definition) is 7. The first-order valence-electron chi connectivity index (χ1n) is 8.96. The summed E-state index contributed by atoms with van der Waals surface area (Å²) in [5.74, 6) is -0.215. The molecule has 1 atom stereocenters. The summed E-state index contributed by atoms with van der Waals surface area (Å²) in [6.45, 7) is 3.37. The number of benzene rings is 2. The molecule has 1 aliphatic heterocycles. The van der Waals surface area contributed by atoms with Crippen LogP contribution >= 0.6 is 0 Å². The molecule has 2 aromatic carbocycles. The molecule has 0 unspecified atom stereocenters. The van der Waals surface area contributed by atoms with E-state index in [2.05, 4.69) is 15.5 Å². The highest BCUT2D eigenvalue weighted by atomic mass is 32.2. The summed E-state index contributed by atoms with van der Waals surface area (Å²) in [5, 5.41) is 10.2. The summed E-state index contributed by atoms with van der Waals surface area (Å²) in [6.07, 6.45) is 2.30. The average Bonchev–Trinajstić information content (AvgIpc) is 3.30. The maximum absolute atomic E-state index is 13.3. The number of rotatable bonds is 4. The lowest BCUT2D eigenvalue weighted by atomic mass is 9.92. The molecule has 3 amide bonds. The van der Waals surface area contributed by atoms with Crippen molar-refractivity contribution < 1.29 is 22.4 Å². The molecule has 3 aromatic rings. The van der Waals surface area contributed by atoms with Crippen molar-refractivity contribution in [3.63, 3.8) is 0 Å². The van der Waals surface area contributed by atoms with Crippen LogP contribution in [0.4, 0.5) is 10.5 Å². The molecular weight excluding hydrogens is 408 g/mol. The van der Waals surface area contributed by atoms with Crippen molar-refractivity contribution in [1.29, 1.82) is 0 Å². The monoisotopic (exact) mass is 426 g/mol. The molecule has 30 heavy (non-hydrogen) atoms. The molecule has 4 rings (SSSR count). The molecule has 9 nitrogen and oxygen atoms in total. The van der Waals surface area contributed by atoms with Crippen LogP contribution in [0.3, 0.4) is 0 Å². The minimum atomic E-state index is -3.38.